The minimum atomic E-state index is -0.324. The van der Waals surface area contributed by atoms with Crippen LogP contribution in [-0.2, 0) is 11.3 Å². The van der Waals surface area contributed by atoms with Crippen LogP contribution in [0.5, 0.6) is 17.2 Å². The van der Waals surface area contributed by atoms with Gasteiger partial charge in [-0.15, -0.1) is 0 Å². The van der Waals surface area contributed by atoms with E-state index in [1.54, 1.807) is 30.0 Å². The SMILES string of the molecule is C=CC(=O)Nc1cc(-c2cc3c(cn2)cc(-c2c(Cl)c(OC)cc(OC)c2Cl)c(=O)n3CC)c(OC)cc1N1CCN(CC)CC1. The Bertz CT molecular complexity index is 1840. The van der Waals surface area contributed by atoms with Crippen LogP contribution in [0.15, 0.2) is 54.0 Å². The lowest BCUT2D eigenvalue weighted by molar-refractivity contribution is -0.111. The van der Waals surface area contributed by atoms with E-state index in [2.05, 4.69) is 28.6 Å². The monoisotopic (exact) mass is 665 g/mol. The lowest BCUT2D eigenvalue weighted by Crippen LogP contribution is -2.46. The highest BCUT2D eigenvalue weighted by molar-refractivity contribution is 6.41. The Balaban J connectivity index is 1.67. The van der Waals surface area contributed by atoms with E-state index < -0.39 is 0 Å². The summed E-state index contributed by atoms with van der Waals surface area (Å²) in [6, 6.07) is 8.93. The molecule has 46 heavy (non-hydrogen) atoms. The number of ether oxygens (including phenoxy) is 3. The second-order valence-corrected chi connectivity index (χ2v) is 11.5. The number of amides is 1. The van der Waals surface area contributed by atoms with E-state index in [9.17, 15) is 9.59 Å². The molecule has 12 heteroatoms. The number of hydrogen-bond acceptors (Lipinski definition) is 8. The molecule has 1 amide bonds. The number of fused-ring (bicyclic) bond motifs is 1. The minimum absolute atomic E-state index is 0.201. The molecule has 242 valence electrons. The number of likely N-dealkylation sites (N-methyl/N-ethyl adjacent to an activating group) is 1. The molecule has 1 aliphatic heterocycles. The third-order valence-electron chi connectivity index (χ3n) is 8.33. The number of aryl methyl sites for hydroxylation is 1. The van der Waals surface area contributed by atoms with E-state index in [0.717, 1.165) is 38.4 Å². The third-order valence-corrected chi connectivity index (χ3v) is 9.09. The van der Waals surface area contributed by atoms with E-state index >= 15 is 0 Å². The molecule has 0 unspecified atom stereocenters. The summed E-state index contributed by atoms with van der Waals surface area (Å²) in [5.41, 5.74) is 3.65. The van der Waals surface area contributed by atoms with Gasteiger partial charge in [-0.2, -0.15) is 0 Å². The maximum Gasteiger partial charge on any atom is 0.259 e. The molecule has 1 aliphatic rings. The number of pyridine rings is 2. The van der Waals surface area contributed by atoms with Crippen LogP contribution in [0.4, 0.5) is 11.4 Å². The summed E-state index contributed by atoms with van der Waals surface area (Å²) >= 11 is 13.4. The van der Waals surface area contributed by atoms with Crippen LogP contribution in [-0.4, -0.2) is 74.4 Å². The highest BCUT2D eigenvalue weighted by Crippen LogP contribution is 2.46. The first kappa shape index (κ1) is 33.1. The van der Waals surface area contributed by atoms with E-state index in [-0.39, 0.29) is 27.1 Å². The van der Waals surface area contributed by atoms with Crippen LogP contribution >= 0.6 is 23.2 Å². The van der Waals surface area contributed by atoms with Crippen LogP contribution in [0, 0.1) is 0 Å². The number of hydrogen-bond donors (Lipinski definition) is 1. The number of nitrogens with zero attached hydrogens (tertiary/aromatic N) is 4. The van der Waals surface area contributed by atoms with Crippen molar-refractivity contribution < 1.29 is 19.0 Å². The standard InChI is InChI=1S/C34H37Cl2N5O5/c1-7-30(42)38-24-15-21(27(44-4)17-26(24)40-12-10-39(8-2)11-13-40)23-16-25-20(19-37-23)14-22(34(43)41(25)9-3)31-32(35)28(45-5)18-29(46-6)33(31)36/h7,14-19H,1,8-13H2,2-6H3,(H,38,42). The molecule has 2 aromatic carbocycles. The van der Waals surface area contributed by atoms with Gasteiger partial charge in [0.05, 0.1) is 59.5 Å². The largest absolute Gasteiger partial charge is 0.496 e. The average molecular weight is 667 g/mol. The molecule has 0 saturated carbocycles. The first-order valence-corrected chi connectivity index (χ1v) is 15.7. The zero-order valence-electron chi connectivity index (χ0n) is 26.6. The normalized spacial score (nSPS) is 13.5. The molecule has 0 aliphatic carbocycles. The van der Waals surface area contributed by atoms with Crippen molar-refractivity contribution in [1.82, 2.24) is 14.5 Å². The fourth-order valence-electron chi connectivity index (χ4n) is 5.82. The van der Waals surface area contributed by atoms with E-state index in [4.69, 9.17) is 42.4 Å². The Morgan fingerprint density at radius 2 is 1.57 bits per heavy atom. The summed E-state index contributed by atoms with van der Waals surface area (Å²) in [6.07, 6.45) is 2.93. The fourth-order valence-corrected chi connectivity index (χ4v) is 6.53. The summed E-state index contributed by atoms with van der Waals surface area (Å²) in [5.74, 6) is 0.919. The molecule has 3 heterocycles. The second-order valence-electron chi connectivity index (χ2n) is 10.7. The maximum atomic E-state index is 14.0. The number of carbonyl (C=O) groups excluding carboxylic acids is 1. The van der Waals surface area contributed by atoms with Crippen LogP contribution in [0.2, 0.25) is 10.0 Å². The zero-order valence-corrected chi connectivity index (χ0v) is 28.1. The van der Waals surface area contributed by atoms with Crippen molar-refractivity contribution in [3.63, 3.8) is 0 Å². The van der Waals surface area contributed by atoms with Crippen LogP contribution in [0.3, 0.4) is 0 Å². The molecule has 1 N–H and O–H groups in total. The van der Waals surface area contributed by atoms with Crippen molar-refractivity contribution in [3.8, 4) is 39.6 Å². The van der Waals surface area contributed by atoms with Gasteiger partial charge in [0.2, 0.25) is 5.91 Å². The summed E-state index contributed by atoms with van der Waals surface area (Å²) in [4.78, 5) is 35.9. The topological polar surface area (TPSA) is 98.2 Å². The molecule has 4 aromatic rings. The molecule has 5 rings (SSSR count). The fraction of sp³-hybridized carbons (Fsp3) is 0.324. The molecule has 1 saturated heterocycles. The Hall–Kier alpha value is -4.25. The average Bonchev–Trinajstić information content (AvgIpc) is 3.08. The van der Waals surface area contributed by atoms with E-state index in [1.807, 2.05) is 25.1 Å². The molecule has 10 nitrogen and oxygen atoms in total. The number of benzene rings is 2. The van der Waals surface area contributed by atoms with E-state index in [1.165, 1.54) is 20.3 Å². The lowest BCUT2D eigenvalue weighted by Gasteiger charge is -2.36. The number of nitrogens with one attached hydrogen (secondary N) is 1. The van der Waals surface area contributed by atoms with Gasteiger partial charge >= 0.3 is 0 Å². The Morgan fingerprint density at radius 1 is 0.913 bits per heavy atom. The van der Waals surface area contributed by atoms with Crippen molar-refractivity contribution in [2.45, 2.75) is 20.4 Å². The Morgan fingerprint density at radius 3 is 2.13 bits per heavy atom. The molecule has 1 fully saturated rings. The molecule has 2 aromatic heterocycles. The number of aromatic nitrogens is 2. The van der Waals surface area contributed by atoms with Gasteiger partial charge in [-0.3, -0.25) is 14.6 Å². The number of carbonyl (C=O) groups is 1. The van der Waals surface area contributed by atoms with Crippen molar-refractivity contribution >= 4 is 51.4 Å². The van der Waals surface area contributed by atoms with Gasteiger partial charge in [-0.05, 0) is 37.7 Å². The molecule has 0 radical (unpaired) electrons. The predicted octanol–water partition coefficient (Wildman–Crippen LogP) is 6.35. The molecule has 0 bridgehead atoms. The van der Waals surface area contributed by atoms with Gasteiger partial charge in [0.25, 0.3) is 5.56 Å². The van der Waals surface area contributed by atoms with E-state index in [0.29, 0.717) is 57.2 Å². The van der Waals surface area contributed by atoms with Gasteiger partial charge in [-0.25, -0.2) is 0 Å². The second kappa shape index (κ2) is 14.0. The summed E-state index contributed by atoms with van der Waals surface area (Å²) in [7, 11) is 4.57. The summed E-state index contributed by atoms with van der Waals surface area (Å²) in [6.45, 7) is 12.5. The predicted molar refractivity (Wildman–Crippen MR) is 185 cm³/mol. The van der Waals surface area contributed by atoms with Crippen molar-refractivity contribution in [3.05, 3.63) is 69.6 Å². The van der Waals surface area contributed by atoms with Crippen molar-refractivity contribution in [1.29, 1.82) is 0 Å². The maximum absolute atomic E-state index is 14.0. The van der Waals surface area contributed by atoms with Crippen LogP contribution in [0.25, 0.3) is 33.3 Å². The van der Waals surface area contributed by atoms with Gasteiger partial charge in [0.1, 0.15) is 17.2 Å². The quantitative estimate of drug-likeness (QED) is 0.196. The van der Waals surface area contributed by atoms with Crippen molar-refractivity contribution in [2.24, 2.45) is 0 Å². The van der Waals surface area contributed by atoms with Gasteiger partial charge in [-0.1, -0.05) is 36.7 Å². The third kappa shape index (κ3) is 6.12. The number of halogens is 2. The van der Waals surface area contributed by atoms with Gasteiger partial charge in [0, 0.05) is 67.6 Å². The minimum Gasteiger partial charge on any atom is -0.496 e. The highest BCUT2D eigenvalue weighted by atomic mass is 35.5. The summed E-state index contributed by atoms with van der Waals surface area (Å²) < 4.78 is 18.4. The Kier molecular flexibility index (Phi) is 10.1. The number of anilines is 2. The molecule has 0 atom stereocenters. The molecular formula is C34H37Cl2N5O5. The first-order chi connectivity index (χ1) is 22.2. The smallest absolute Gasteiger partial charge is 0.259 e. The zero-order chi connectivity index (χ0) is 33.1. The molecule has 0 spiro atoms. The number of methoxy groups -OCH3 is 3. The summed E-state index contributed by atoms with van der Waals surface area (Å²) in [5, 5.41) is 4.07. The Labute approximate surface area is 278 Å². The first-order valence-electron chi connectivity index (χ1n) is 15.0. The van der Waals surface area contributed by atoms with Crippen LogP contribution < -0.4 is 30.0 Å². The number of piperazine rings is 1. The van der Waals surface area contributed by atoms with Crippen LogP contribution in [0.1, 0.15) is 13.8 Å². The molecular weight excluding hydrogens is 629 g/mol. The highest BCUT2D eigenvalue weighted by Gasteiger charge is 2.25. The van der Waals surface area contributed by atoms with Gasteiger partial charge < -0.3 is 33.9 Å². The number of rotatable bonds is 10. The van der Waals surface area contributed by atoms with Crippen molar-refractivity contribution in [2.75, 3.05) is 64.3 Å². The van der Waals surface area contributed by atoms with Gasteiger partial charge in [0.15, 0.2) is 0 Å². The lowest BCUT2D eigenvalue weighted by atomic mass is 10.0.